The van der Waals surface area contributed by atoms with Crippen molar-refractivity contribution in [3.8, 4) is 11.3 Å². The van der Waals surface area contributed by atoms with Crippen LogP contribution in [0.25, 0.3) is 22.4 Å². The van der Waals surface area contributed by atoms with Gasteiger partial charge in [-0.05, 0) is 67.3 Å². The summed E-state index contributed by atoms with van der Waals surface area (Å²) in [6.45, 7) is 1.90. The number of sulfonamides is 2. The van der Waals surface area contributed by atoms with Gasteiger partial charge in [-0.2, -0.15) is 4.98 Å². The molecule has 0 unspecified atom stereocenters. The van der Waals surface area contributed by atoms with Crippen molar-refractivity contribution >= 4 is 42.9 Å². The number of pyridine rings is 1. The molecule has 4 rings (SSSR count). The third kappa shape index (κ3) is 6.66. The van der Waals surface area contributed by atoms with Crippen LogP contribution in [0.4, 0.5) is 10.2 Å². The minimum atomic E-state index is -3.84. The van der Waals surface area contributed by atoms with Crippen LogP contribution >= 0.6 is 0 Å². The maximum atomic E-state index is 13.5. The predicted molar refractivity (Wildman–Crippen MR) is 150 cm³/mol. The second-order valence-corrected chi connectivity index (χ2v) is 12.5. The van der Waals surface area contributed by atoms with Crippen LogP contribution in [0.5, 0.6) is 0 Å². The number of benzene rings is 2. The number of halogens is 1. The third-order valence-electron chi connectivity index (χ3n) is 6.14. The van der Waals surface area contributed by atoms with Crippen LogP contribution in [0.15, 0.2) is 70.0 Å². The largest absolute Gasteiger partial charge is 0.437 e. The van der Waals surface area contributed by atoms with Crippen molar-refractivity contribution in [1.29, 1.82) is 0 Å². The summed E-state index contributed by atoms with van der Waals surface area (Å²) in [5.41, 5.74) is 1.26. The lowest BCUT2D eigenvalue weighted by Gasteiger charge is -2.11. The minimum Gasteiger partial charge on any atom is -0.437 e. The summed E-state index contributed by atoms with van der Waals surface area (Å²) < 4.78 is 74.6. The molecule has 0 fully saturated rings. The zero-order chi connectivity index (χ0) is 28.9. The average molecular weight is 589 g/mol. The molecule has 2 heterocycles. The Bertz CT molecular complexity index is 1720. The molecule has 212 valence electrons. The number of rotatable bonds is 12. The van der Waals surface area contributed by atoms with E-state index in [1.807, 2.05) is 6.92 Å². The molecular formula is C27H29FN4O6S2. The molecular weight excluding hydrogens is 559 g/mol. The number of hydrogen-bond acceptors (Lipinski definition) is 7. The predicted octanol–water partition coefficient (Wildman–Crippen LogP) is 4.06. The molecule has 0 spiro atoms. The van der Waals surface area contributed by atoms with E-state index in [1.54, 1.807) is 24.3 Å². The molecule has 10 nitrogen and oxygen atoms in total. The molecule has 0 aliphatic rings. The first-order chi connectivity index (χ1) is 19.0. The number of furan rings is 1. The van der Waals surface area contributed by atoms with Gasteiger partial charge in [-0.25, -0.2) is 25.9 Å². The Morgan fingerprint density at radius 3 is 2.35 bits per heavy atom. The number of unbranched alkanes of at least 4 members (excludes halogenated alkanes) is 1. The Hall–Kier alpha value is -3.81. The van der Waals surface area contributed by atoms with Crippen LogP contribution in [-0.4, -0.2) is 47.1 Å². The van der Waals surface area contributed by atoms with Crippen LogP contribution < -0.4 is 14.8 Å². The van der Waals surface area contributed by atoms with Gasteiger partial charge in [0.1, 0.15) is 17.4 Å². The second kappa shape index (κ2) is 12.1. The van der Waals surface area contributed by atoms with Gasteiger partial charge in [0.2, 0.25) is 25.8 Å². The Morgan fingerprint density at radius 2 is 1.70 bits per heavy atom. The molecule has 0 aliphatic carbocycles. The highest BCUT2D eigenvalue weighted by molar-refractivity contribution is 7.92. The standard InChI is InChI=1S/C27H29FN4O6S2/c1-3-18-17-22-23(26(33)29-2)24(19-11-13-20(28)14-12-19)38-27(22)31-25(18)32-39(34,35)16-8-7-15-30-40(36,37)21-9-5-4-6-10-21/h4-6,9-14,17,30H,3,7-8,15-16H2,1-2H3,(H,29,33)(H,31,32). The van der Waals surface area contributed by atoms with E-state index < -0.39 is 31.8 Å². The van der Waals surface area contributed by atoms with Gasteiger partial charge in [0.15, 0.2) is 0 Å². The number of carbonyl (C=O) groups excluding carboxylic acids is 1. The van der Waals surface area contributed by atoms with Crippen LogP contribution in [-0.2, 0) is 26.5 Å². The lowest BCUT2D eigenvalue weighted by atomic mass is 10.0. The average Bonchev–Trinajstić information content (AvgIpc) is 3.30. The lowest BCUT2D eigenvalue weighted by molar-refractivity contribution is 0.0964. The highest BCUT2D eigenvalue weighted by atomic mass is 32.2. The number of anilines is 1. The fourth-order valence-electron chi connectivity index (χ4n) is 4.08. The van der Waals surface area contributed by atoms with Gasteiger partial charge in [0.05, 0.1) is 21.6 Å². The Balaban J connectivity index is 1.50. The fraction of sp³-hybridized carbons (Fsp3) is 0.259. The number of carbonyl (C=O) groups is 1. The summed E-state index contributed by atoms with van der Waals surface area (Å²) in [7, 11) is -6.04. The highest BCUT2D eigenvalue weighted by Gasteiger charge is 2.25. The molecule has 40 heavy (non-hydrogen) atoms. The lowest BCUT2D eigenvalue weighted by Crippen LogP contribution is -2.25. The Kier molecular flexibility index (Phi) is 8.86. The van der Waals surface area contributed by atoms with E-state index in [-0.39, 0.29) is 46.5 Å². The first-order valence-corrected chi connectivity index (χ1v) is 15.7. The van der Waals surface area contributed by atoms with Crippen LogP contribution in [0.2, 0.25) is 0 Å². The van der Waals surface area contributed by atoms with E-state index in [1.165, 1.54) is 43.4 Å². The number of aromatic nitrogens is 1. The highest BCUT2D eigenvalue weighted by Crippen LogP contribution is 2.35. The van der Waals surface area contributed by atoms with Crippen LogP contribution in [0.3, 0.4) is 0 Å². The summed E-state index contributed by atoms with van der Waals surface area (Å²) in [6.07, 6.45) is 0.910. The van der Waals surface area contributed by atoms with Gasteiger partial charge in [0.25, 0.3) is 5.91 Å². The van der Waals surface area contributed by atoms with Crippen molar-refractivity contribution in [3.05, 3.63) is 77.6 Å². The third-order valence-corrected chi connectivity index (χ3v) is 8.95. The zero-order valence-electron chi connectivity index (χ0n) is 21.9. The number of amides is 1. The zero-order valence-corrected chi connectivity index (χ0v) is 23.5. The first-order valence-electron chi connectivity index (χ1n) is 12.5. The number of aryl methyl sites for hydroxylation is 1. The smallest absolute Gasteiger partial charge is 0.255 e. The monoisotopic (exact) mass is 588 g/mol. The van der Waals surface area contributed by atoms with Crippen molar-refractivity contribution in [3.63, 3.8) is 0 Å². The molecule has 0 radical (unpaired) electrons. The molecule has 1 amide bonds. The van der Waals surface area contributed by atoms with E-state index in [2.05, 4.69) is 19.7 Å². The molecule has 2 aromatic heterocycles. The van der Waals surface area contributed by atoms with Gasteiger partial charge in [-0.15, -0.1) is 0 Å². The van der Waals surface area contributed by atoms with E-state index in [0.29, 0.717) is 29.4 Å². The van der Waals surface area contributed by atoms with Gasteiger partial charge in [-0.3, -0.25) is 9.52 Å². The van der Waals surface area contributed by atoms with E-state index in [0.717, 1.165) is 0 Å². The van der Waals surface area contributed by atoms with Crippen molar-refractivity contribution in [1.82, 2.24) is 15.0 Å². The topological polar surface area (TPSA) is 147 Å². The molecule has 0 aliphatic heterocycles. The summed E-state index contributed by atoms with van der Waals surface area (Å²) in [6, 6.07) is 15.0. The SMILES string of the molecule is CCc1cc2c(C(=O)NC)c(-c3ccc(F)cc3)oc2nc1NS(=O)(=O)CCCCNS(=O)(=O)c1ccccc1. The quantitative estimate of drug-likeness (QED) is 0.212. The molecule has 3 N–H and O–H groups in total. The van der Waals surface area contributed by atoms with E-state index in [4.69, 9.17) is 4.42 Å². The summed E-state index contributed by atoms with van der Waals surface area (Å²) in [5.74, 6) is -0.883. The molecule has 4 aromatic rings. The van der Waals surface area contributed by atoms with Gasteiger partial charge in [0, 0.05) is 19.2 Å². The number of fused-ring (bicyclic) bond motifs is 1. The van der Waals surface area contributed by atoms with Gasteiger partial charge < -0.3 is 9.73 Å². The van der Waals surface area contributed by atoms with Crippen molar-refractivity contribution in [2.75, 3.05) is 24.1 Å². The molecule has 0 saturated heterocycles. The summed E-state index contributed by atoms with van der Waals surface area (Å²) in [4.78, 5) is 17.3. The maximum absolute atomic E-state index is 13.5. The molecule has 2 aromatic carbocycles. The molecule has 0 bridgehead atoms. The maximum Gasteiger partial charge on any atom is 0.255 e. The van der Waals surface area contributed by atoms with Crippen molar-refractivity contribution in [2.24, 2.45) is 0 Å². The van der Waals surface area contributed by atoms with Crippen LogP contribution in [0, 0.1) is 5.82 Å². The van der Waals surface area contributed by atoms with Crippen molar-refractivity contribution < 1.29 is 30.4 Å². The fourth-order valence-corrected chi connectivity index (χ4v) is 6.34. The summed E-state index contributed by atoms with van der Waals surface area (Å²) in [5, 5.41) is 2.96. The van der Waals surface area contributed by atoms with Crippen molar-refractivity contribution in [2.45, 2.75) is 31.1 Å². The van der Waals surface area contributed by atoms with Crippen LogP contribution in [0.1, 0.15) is 35.7 Å². The minimum absolute atomic E-state index is 0.0446. The second-order valence-electron chi connectivity index (χ2n) is 8.93. The Morgan fingerprint density at radius 1 is 1.00 bits per heavy atom. The molecule has 0 atom stereocenters. The Labute approximate surface area is 232 Å². The van der Waals surface area contributed by atoms with Gasteiger partial charge in [-0.1, -0.05) is 25.1 Å². The summed E-state index contributed by atoms with van der Waals surface area (Å²) >= 11 is 0. The number of hydrogen-bond donors (Lipinski definition) is 3. The number of nitrogens with zero attached hydrogens (tertiary/aromatic N) is 1. The molecule has 0 saturated carbocycles. The van der Waals surface area contributed by atoms with E-state index >= 15 is 0 Å². The molecule has 13 heteroatoms. The van der Waals surface area contributed by atoms with Gasteiger partial charge >= 0.3 is 0 Å². The normalized spacial score (nSPS) is 12.0. The van der Waals surface area contributed by atoms with E-state index in [9.17, 15) is 26.0 Å². The number of nitrogens with one attached hydrogen (secondary N) is 3. The first kappa shape index (κ1) is 29.2.